The van der Waals surface area contributed by atoms with Crippen molar-refractivity contribution >= 4 is 5.97 Å². The van der Waals surface area contributed by atoms with Crippen LogP contribution in [-0.4, -0.2) is 37.6 Å². The van der Waals surface area contributed by atoms with E-state index in [0.29, 0.717) is 11.8 Å². The number of esters is 1. The summed E-state index contributed by atoms with van der Waals surface area (Å²) in [5, 5.41) is 0. The fourth-order valence-electron chi connectivity index (χ4n) is 2.59. The number of carbonyl (C=O) groups is 1. The molecule has 3 heteroatoms. The molecule has 0 bridgehead atoms. The molecule has 0 aromatic carbocycles. The highest BCUT2D eigenvalue weighted by Gasteiger charge is 2.34. The summed E-state index contributed by atoms with van der Waals surface area (Å²) < 4.78 is 4.64. The minimum atomic E-state index is -0.0866. The van der Waals surface area contributed by atoms with Crippen molar-refractivity contribution in [2.24, 2.45) is 5.41 Å². The van der Waals surface area contributed by atoms with Gasteiger partial charge in [-0.05, 0) is 44.2 Å². The van der Waals surface area contributed by atoms with E-state index in [9.17, 15) is 4.79 Å². The number of rotatable bonds is 6. The maximum Gasteiger partial charge on any atom is 0.305 e. The Balaban J connectivity index is 2.23. The average molecular weight is 227 g/mol. The lowest BCUT2D eigenvalue weighted by Gasteiger charge is -2.26. The zero-order valence-electron chi connectivity index (χ0n) is 10.9. The summed E-state index contributed by atoms with van der Waals surface area (Å²) in [7, 11) is 1.46. The number of hydrogen-bond donors (Lipinski definition) is 0. The van der Waals surface area contributed by atoms with Crippen molar-refractivity contribution in [3.05, 3.63) is 0 Å². The molecule has 0 atom stereocenters. The second-order valence-electron chi connectivity index (χ2n) is 4.91. The van der Waals surface area contributed by atoms with Crippen molar-refractivity contribution in [1.29, 1.82) is 0 Å². The summed E-state index contributed by atoms with van der Waals surface area (Å²) in [5.74, 6) is -0.0866. The Bertz CT molecular complexity index is 224. The van der Waals surface area contributed by atoms with E-state index in [0.717, 1.165) is 13.0 Å². The molecule has 0 amide bonds. The number of nitrogens with zero attached hydrogens (tertiary/aromatic N) is 1. The molecule has 0 unspecified atom stereocenters. The van der Waals surface area contributed by atoms with Gasteiger partial charge >= 0.3 is 5.97 Å². The molecule has 1 rings (SSSR count). The second-order valence-corrected chi connectivity index (χ2v) is 4.91. The largest absolute Gasteiger partial charge is 0.469 e. The van der Waals surface area contributed by atoms with Crippen LogP contribution < -0.4 is 0 Å². The fourth-order valence-corrected chi connectivity index (χ4v) is 2.59. The normalized spacial score (nSPS) is 19.9. The van der Waals surface area contributed by atoms with E-state index in [-0.39, 0.29) is 5.97 Å². The topological polar surface area (TPSA) is 29.5 Å². The number of methoxy groups -OCH3 is 1. The third-order valence-electron chi connectivity index (χ3n) is 4.10. The monoisotopic (exact) mass is 227 g/mol. The fraction of sp³-hybridized carbons (Fsp3) is 0.923. The van der Waals surface area contributed by atoms with Gasteiger partial charge in [-0.3, -0.25) is 4.79 Å². The van der Waals surface area contributed by atoms with Crippen LogP contribution >= 0.6 is 0 Å². The number of ether oxygens (including phenoxy) is 1. The second kappa shape index (κ2) is 6.24. The molecule has 0 radical (unpaired) electrons. The lowest BCUT2D eigenvalue weighted by molar-refractivity contribution is -0.140. The molecule has 1 fully saturated rings. The number of likely N-dealkylation sites (tertiary alicyclic amines) is 1. The predicted octanol–water partition coefficient (Wildman–Crippen LogP) is 2.45. The summed E-state index contributed by atoms with van der Waals surface area (Å²) in [6.45, 7) is 8.03. The van der Waals surface area contributed by atoms with Gasteiger partial charge in [0, 0.05) is 13.0 Å². The zero-order valence-corrected chi connectivity index (χ0v) is 10.9. The van der Waals surface area contributed by atoms with Crippen molar-refractivity contribution < 1.29 is 9.53 Å². The van der Waals surface area contributed by atoms with Crippen LogP contribution in [0.3, 0.4) is 0 Å². The van der Waals surface area contributed by atoms with E-state index in [1.165, 1.54) is 39.5 Å². The van der Waals surface area contributed by atoms with Gasteiger partial charge in [-0.15, -0.1) is 0 Å². The highest BCUT2D eigenvalue weighted by molar-refractivity contribution is 5.69. The molecule has 16 heavy (non-hydrogen) atoms. The minimum absolute atomic E-state index is 0.0866. The highest BCUT2D eigenvalue weighted by Crippen LogP contribution is 2.36. The van der Waals surface area contributed by atoms with Crippen LogP contribution in [0, 0.1) is 5.41 Å². The van der Waals surface area contributed by atoms with Crippen LogP contribution in [0.4, 0.5) is 0 Å². The molecule has 0 aromatic rings. The SMILES string of the molecule is CCC1(CC)CCN(CCCC(=O)OC)C1. The summed E-state index contributed by atoms with van der Waals surface area (Å²) in [6, 6.07) is 0. The quantitative estimate of drug-likeness (QED) is 0.653. The summed E-state index contributed by atoms with van der Waals surface area (Å²) >= 11 is 0. The molecular formula is C13H25NO2. The third-order valence-corrected chi connectivity index (χ3v) is 4.10. The first-order valence-electron chi connectivity index (χ1n) is 6.45. The number of carbonyl (C=O) groups excluding carboxylic acids is 1. The Labute approximate surface area is 99.1 Å². The first kappa shape index (κ1) is 13.5. The van der Waals surface area contributed by atoms with Crippen molar-refractivity contribution in [3.63, 3.8) is 0 Å². The third kappa shape index (κ3) is 3.48. The van der Waals surface area contributed by atoms with Crippen molar-refractivity contribution in [3.8, 4) is 0 Å². The average Bonchev–Trinajstić information content (AvgIpc) is 2.73. The Morgan fingerprint density at radius 3 is 2.56 bits per heavy atom. The molecule has 0 aromatic heterocycles. The summed E-state index contributed by atoms with van der Waals surface area (Å²) in [5.41, 5.74) is 0.547. The van der Waals surface area contributed by atoms with Crippen LogP contribution in [0.2, 0.25) is 0 Å². The van der Waals surface area contributed by atoms with Gasteiger partial charge in [-0.2, -0.15) is 0 Å². The first-order chi connectivity index (χ1) is 7.65. The highest BCUT2D eigenvalue weighted by atomic mass is 16.5. The Hall–Kier alpha value is -0.570. The van der Waals surface area contributed by atoms with Gasteiger partial charge < -0.3 is 9.64 Å². The van der Waals surface area contributed by atoms with Gasteiger partial charge in [-0.25, -0.2) is 0 Å². The molecule has 1 aliphatic rings. The molecule has 0 N–H and O–H groups in total. The van der Waals surface area contributed by atoms with Gasteiger partial charge in [0.05, 0.1) is 7.11 Å². The Kier molecular flexibility index (Phi) is 5.26. The Morgan fingerprint density at radius 1 is 1.38 bits per heavy atom. The molecule has 0 saturated carbocycles. The lowest BCUT2D eigenvalue weighted by Crippen LogP contribution is -2.27. The van der Waals surface area contributed by atoms with Crippen LogP contribution in [0.5, 0.6) is 0 Å². The summed E-state index contributed by atoms with van der Waals surface area (Å²) in [6.07, 6.45) is 5.35. The van der Waals surface area contributed by atoms with Gasteiger partial charge in [0.15, 0.2) is 0 Å². The van der Waals surface area contributed by atoms with Gasteiger partial charge in [0.25, 0.3) is 0 Å². The Morgan fingerprint density at radius 2 is 2.06 bits per heavy atom. The van der Waals surface area contributed by atoms with Gasteiger partial charge in [0.1, 0.15) is 0 Å². The van der Waals surface area contributed by atoms with Crippen LogP contribution in [-0.2, 0) is 9.53 Å². The molecule has 1 saturated heterocycles. The van der Waals surface area contributed by atoms with E-state index in [4.69, 9.17) is 0 Å². The molecule has 0 spiro atoms. The lowest BCUT2D eigenvalue weighted by atomic mass is 9.82. The molecule has 3 nitrogen and oxygen atoms in total. The molecular weight excluding hydrogens is 202 g/mol. The van der Waals surface area contributed by atoms with Crippen molar-refractivity contribution in [1.82, 2.24) is 4.90 Å². The van der Waals surface area contributed by atoms with Crippen LogP contribution in [0.25, 0.3) is 0 Å². The maximum absolute atomic E-state index is 11.0. The van der Waals surface area contributed by atoms with E-state index >= 15 is 0 Å². The first-order valence-corrected chi connectivity index (χ1v) is 6.45. The van der Waals surface area contributed by atoms with Crippen molar-refractivity contribution in [2.45, 2.75) is 46.0 Å². The van der Waals surface area contributed by atoms with E-state index in [1.807, 2.05) is 0 Å². The molecule has 0 aliphatic carbocycles. The smallest absolute Gasteiger partial charge is 0.305 e. The summed E-state index contributed by atoms with van der Waals surface area (Å²) in [4.78, 5) is 13.5. The molecule has 1 aliphatic heterocycles. The van der Waals surface area contributed by atoms with Gasteiger partial charge in [0.2, 0.25) is 0 Å². The standard InChI is InChI=1S/C13H25NO2/c1-4-13(5-2)8-10-14(11-13)9-6-7-12(15)16-3/h4-11H2,1-3H3. The number of hydrogen-bond acceptors (Lipinski definition) is 3. The van der Waals surface area contributed by atoms with Crippen LogP contribution in [0.1, 0.15) is 46.0 Å². The van der Waals surface area contributed by atoms with Crippen molar-refractivity contribution in [2.75, 3.05) is 26.7 Å². The van der Waals surface area contributed by atoms with E-state index < -0.39 is 0 Å². The molecule has 1 heterocycles. The zero-order chi connectivity index (χ0) is 12.0. The van der Waals surface area contributed by atoms with Crippen LogP contribution in [0.15, 0.2) is 0 Å². The maximum atomic E-state index is 11.0. The molecule has 94 valence electrons. The van der Waals surface area contributed by atoms with E-state index in [1.54, 1.807) is 0 Å². The minimum Gasteiger partial charge on any atom is -0.469 e. The van der Waals surface area contributed by atoms with E-state index in [2.05, 4.69) is 23.5 Å². The van der Waals surface area contributed by atoms with Gasteiger partial charge in [-0.1, -0.05) is 13.8 Å². The predicted molar refractivity (Wildman–Crippen MR) is 65.3 cm³/mol.